The molecule has 4 heteroatoms. The Morgan fingerprint density at radius 2 is 2.10 bits per heavy atom. The molecule has 0 saturated heterocycles. The largest absolute Gasteiger partial charge is 0.327 e. The van der Waals surface area contributed by atoms with Crippen molar-refractivity contribution in [2.45, 2.75) is 46.6 Å². The van der Waals surface area contributed by atoms with Gasteiger partial charge in [0.15, 0.2) is 0 Å². The minimum atomic E-state index is -0.176. The van der Waals surface area contributed by atoms with Gasteiger partial charge in [0, 0.05) is 12.5 Å². The van der Waals surface area contributed by atoms with Gasteiger partial charge in [0.25, 0.3) is 0 Å². The third kappa shape index (κ3) is 5.02. The fourth-order valence-electron chi connectivity index (χ4n) is 2.22. The van der Waals surface area contributed by atoms with Gasteiger partial charge in [-0.2, -0.15) is 5.26 Å². The van der Waals surface area contributed by atoms with Crippen LogP contribution in [0.3, 0.4) is 0 Å². The number of nitrogens with two attached hydrogens (primary N) is 1. The molecular weight excluding hydrogens is 250 g/mol. The number of carbonyl (C=O) groups is 1. The number of hydrogen-bond donors (Lipinski definition) is 2. The average Bonchev–Trinajstić information content (AvgIpc) is 2.26. The average molecular weight is 273 g/mol. The smallest absolute Gasteiger partial charge is 0.225 e. The van der Waals surface area contributed by atoms with E-state index in [2.05, 4.69) is 32.2 Å². The van der Waals surface area contributed by atoms with Gasteiger partial charge in [0.1, 0.15) is 6.07 Å². The standard InChI is InChI=1S/C16H23N3O/c1-11-6-5-7-14(13(11)10-17)19-15(20)8-12(18)9-16(2,3)4/h5-7,12H,8-9,18H2,1-4H3,(H,19,20). The lowest BCUT2D eigenvalue weighted by molar-refractivity contribution is -0.116. The van der Waals surface area contributed by atoms with Crippen molar-refractivity contribution in [1.82, 2.24) is 0 Å². The first kappa shape index (κ1) is 16.2. The monoisotopic (exact) mass is 273 g/mol. The fourth-order valence-corrected chi connectivity index (χ4v) is 2.22. The zero-order chi connectivity index (χ0) is 15.3. The fraction of sp³-hybridized carbons (Fsp3) is 0.500. The molecule has 0 spiro atoms. The Hall–Kier alpha value is -1.86. The van der Waals surface area contributed by atoms with Crippen LogP contribution in [-0.4, -0.2) is 11.9 Å². The highest BCUT2D eigenvalue weighted by molar-refractivity contribution is 5.92. The second-order valence-electron chi connectivity index (χ2n) is 6.39. The van der Waals surface area contributed by atoms with E-state index in [4.69, 9.17) is 11.0 Å². The van der Waals surface area contributed by atoms with Crippen LogP contribution in [0.4, 0.5) is 5.69 Å². The maximum Gasteiger partial charge on any atom is 0.225 e. The van der Waals surface area contributed by atoms with Crippen LogP contribution in [0, 0.1) is 23.7 Å². The summed E-state index contributed by atoms with van der Waals surface area (Å²) in [5, 5.41) is 11.9. The summed E-state index contributed by atoms with van der Waals surface area (Å²) in [6.07, 6.45) is 1.04. The van der Waals surface area contributed by atoms with E-state index >= 15 is 0 Å². The Morgan fingerprint density at radius 3 is 2.65 bits per heavy atom. The lowest BCUT2D eigenvalue weighted by Crippen LogP contribution is -2.31. The maximum absolute atomic E-state index is 12.0. The molecule has 1 aromatic carbocycles. The molecule has 0 heterocycles. The Balaban J connectivity index is 2.69. The van der Waals surface area contributed by atoms with Gasteiger partial charge in [-0.05, 0) is 30.4 Å². The predicted octanol–water partition coefficient (Wildman–Crippen LogP) is 2.96. The van der Waals surface area contributed by atoms with E-state index in [1.54, 1.807) is 6.07 Å². The molecule has 0 aromatic heterocycles. The highest BCUT2D eigenvalue weighted by Crippen LogP contribution is 2.22. The number of amides is 1. The molecular formula is C16H23N3O. The number of aryl methyl sites for hydroxylation is 1. The number of carbonyl (C=O) groups excluding carboxylic acids is 1. The van der Waals surface area contributed by atoms with E-state index in [0.717, 1.165) is 12.0 Å². The summed E-state index contributed by atoms with van der Waals surface area (Å²) < 4.78 is 0. The minimum Gasteiger partial charge on any atom is -0.327 e. The Kier molecular flexibility index (Phi) is 5.29. The molecule has 0 bridgehead atoms. The first-order valence-corrected chi connectivity index (χ1v) is 6.78. The quantitative estimate of drug-likeness (QED) is 0.885. The van der Waals surface area contributed by atoms with Crippen LogP contribution in [0.25, 0.3) is 0 Å². The lowest BCUT2D eigenvalue weighted by Gasteiger charge is -2.22. The van der Waals surface area contributed by atoms with Crippen molar-refractivity contribution >= 4 is 11.6 Å². The van der Waals surface area contributed by atoms with Crippen LogP contribution >= 0.6 is 0 Å². The van der Waals surface area contributed by atoms with Crippen LogP contribution in [0.1, 0.15) is 44.7 Å². The van der Waals surface area contributed by atoms with E-state index < -0.39 is 0 Å². The van der Waals surface area contributed by atoms with Crippen molar-refractivity contribution in [2.24, 2.45) is 11.1 Å². The SMILES string of the molecule is Cc1cccc(NC(=O)CC(N)CC(C)(C)C)c1C#N. The highest BCUT2D eigenvalue weighted by Gasteiger charge is 2.18. The van der Waals surface area contributed by atoms with Gasteiger partial charge in [-0.1, -0.05) is 32.9 Å². The van der Waals surface area contributed by atoms with Crippen molar-refractivity contribution in [3.05, 3.63) is 29.3 Å². The number of nitrogens with one attached hydrogen (secondary N) is 1. The van der Waals surface area contributed by atoms with Crippen molar-refractivity contribution in [1.29, 1.82) is 5.26 Å². The van der Waals surface area contributed by atoms with Gasteiger partial charge in [-0.15, -0.1) is 0 Å². The van der Waals surface area contributed by atoms with Crippen molar-refractivity contribution in [2.75, 3.05) is 5.32 Å². The minimum absolute atomic E-state index is 0.0981. The van der Waals surface area contributed by atoms with E-state index in [0.29, 0.717) is 11.3 Å². The summed E-state index contributed by atoms with van der Waals surface area (Å²) in [5.74, 6) is -0.149. The van der Waals surface area contributed by atoms with Gasteiger partial charge in [0.2, 0.25) is 5.91 Å². The predicted molar refractivity (Wildman–Crippen MR) is 81.2 cm³/mol. The van der Waals surface area contributed by atoms with Crippen LogP contribution in [0.5, 0.6) is 0 Å². The normalized spacial score (nSPS) is 12.6. The zero-order valence-electron chi connectivity index (χ0n) is 12.7. The Bertz CT molecular complexity index is 524. The lowest BCUT2D eigenvalue weighted by atomic mass is 9.87. The first-order valence-electron chi connectivity index (χ1n) is 6.78. The zero-order valence-corrected chi connectivity index (χ0v) is 12.7. The van der Waals surface area contributed by atoms with E-state index in [9.17, 15) is 4.79 Å². The molecule has 3 N–H and O–H groups in total. The number of hydrogen-bond acceptors (Lipinski definition) is 3. The van der Waals surface area contributed by atoms with Crippen LogP contribution in [-0.2, 0) is 4.79 Å². The molecule has 1 amide bonds. The number of rotatable bonds is 4. The molecule has 1 aromatic rings. The Labute approximate surface area is 121 Å². The highest BCUT2D eigenvalue weighted by atomic mass is 16.1. The molecule has 108 valence electrons. The van der Waals surface area contributed by atoms with Gasteiger partial charge in [0.05, 0.1) is 11.3 Å². The number of anilines is 1. The van der Waals surface area contributed by atoms with E-state index in [1.165, 1.54) is 0 Å². The van der Waals surface area contributed by atoms with Gasteiger partial charge in [-0.25, -0.2) is 0 Å². The summed E-state index contributed by atoms with van der Waals surface area (Å²) >= 11 is 0. The molecule has 0 aliphatic heterocycles. The molecule has 1 rings (SSSR count). The number of nitrogens with zero attached hydrogens (tertiary/aromatic N) is 1. The topological polar surface area (TPSA) is 78.9 Å². The van der Waals surface area contributed by atoms with Crippen LogP contribution in [0.15, 0.2) is 18.2 Å². The molecule has 4 nitrogen and oxygen atoms in total. The maximum atomic E-state index is 12.0. The summed E-state index contributed by atoms with van der Waals surface area (Å²) in [6.45, 7) is 8.14. The number of nitriles is 1. The van der Waals surface area contributed by atoms with Crippen molar-refractivity contribution in [3.63, 3.8) is 0 Å². The molecule has 0 aliphatic rings. The molecule has 1 unspecified atom stereocenters. The molecule has 0 fully saturated rings. The van der Waals surface area contributed by atoms with E-state index in [-0.39, 0.29) is 23.8 Å². The molecule has 0 aliphatic carbocycles. The number of benzene rings is 1. The first-order chi connectivity index (χ1) is 9.23. The summed E-state index contributed by atoms with van der Waals surface area (Å²) in [6, 6.07) is 7.34. The van der Waals surface area contributed by atoms with Crippen LogP contribution in [0.2, 0.25) is 0 Å². The third-order valence-corrected chi connectivity index (χ3v) is 2.98. The van der Waals surface area contributed by atoms with Crippen molar-refractivity contribution < 1.29 is 4.79 Å². The third-order valence-electron chi connectivity index (χ3n) is 2.98. The molecule has 1 atom stereocenters. The molecule has 0 radical (unpaired) electrons. The summed E-state index contributed by atoms with van der Waals surface area (Å²) in [7, 11) is 0. The van der Waals surface area contributed by atoms with Gasteiger partial charge >= 0.3 is 0 Å². The van der Waals surface area contributed by atoms with Gasteiger partial charge in [-0.3, -0.25) is 4.79 Å². The molecule has 0 saturated carbocycles. The summed E-state index contributed by atoms with van der Waals surface area (Å²) in [4.78, 5) is 12.0. The van der Waals surface area contributed by atoms with E-state index in [1.807, 2.05) is 19.1 Å². The molecule has 20 heavy (non-hydrogen) atoms. The van der Waals surface area contributed by atoms with Crippen molar-refractivity contribution in [3.8, 4) is 6.07 Å². The second-order valence-corrected chi connectivity index (χ2v) is 6.39. The Morgan fingerprint density at radius 1 is 1.45 bits per heavy atom. The second kappa shape index (κ2) is 6.53. The van der Waals surface area contributed by atoms with Crippen LogP contribution < -0.4 is 11.1 Å². The van der Waals surface area contributed by atoms with Gasteiger partial charge < -0.3 is 11.1 Å². The summed E-state index contributed by atoms with van der Waals surface area (Å²) in [5.41, 5.74) is 8.00.